The van der Waals surface area contributed by atoms with Crippen molar-refractivity contribution >= 4 is 31.4 Å². The largest absolute Gasteiger partial charge is 0.464 e. The van der Waals surface area contributed by atoms with Crippen molar-refractivity contribution in [2.45, 2.75) is 39.4 Å². The lowest BCUT2D eigenvalue weighted by Gasteiger charge is -2.17. The van der Waals surface area contributed by atoms with E-state index in [0.29, 0.717) is 41.3 Å². The highest BCUT2D eigenvalue weighted by Gasteiger charge is 2.31. The van der Waals surface area contributed by atoms with E-state index < -0.39 is 9.84 Å². The first-order valence-electron chi connectivity index (χ1n) is 10.7. The molecule has 0 saturated carbocycles. The van der Waals surface area contributed by atoms with Crippen LogP contribution in [0.4, 0.5) is 0 Å². The molecule has 1 atom stereocenters. The average molecular weight is 488 g/mol. The minimum absolute atomic E-state index is 0.102. The number of nitrogens with zero attached hydrogens (tertiary/aromatic N) is 4. The van der Waals surface area contributed by atoms with Crippen molar-refractivity contribution in [1.29, 1.82) is 0 Å². The lowest BCUT2D eigenvalue weighted by molar-refractivity contribution is 0.309. The Labute approximate surface area is 195 Å². The van der Waals surface area contributed by atoms with E-state index in [9.17, 15) is 13.2 Å². The molecular weight excluding hydrogens is 462 g/mol. The Balaban J connectivity index is 1.36. The maximum absolute atomic E-state index is 12.8. The van der Waals surface area contributed by atoms with Crippen LogP contribution in [0.1, 0.15) is 35.2 Å². The molecule has 11 heteroatoms. The maximum Gasteiger partial charge on any atom is 0.260 e. The summed E-state index contributed by atoms with van der Waals surface area (Å²) < 4.78 is 31.1. The molecule has 5 rings (SSSR count). The van der Waals surface area contributed by atoms with Gasteiger partial charge in [-0.1, -0.05) is 0 Å². The van der Waals surface area contributed by atoms with Crippen molar-refractivity contribution in [3.05, 3.63) is 56.9 Å². The predicted molar refractivity (Wildman–Crippen MR) is 127 cm³/mol. The fourth-order valence-electron chi connectivity index (χ4n) is 4.51. The van der Waals surface area contributed by atoms with Crippen LogP contribution in [0.5, 0.6) is 0 Å². The molecule has 0 unspecified atom stereocenters. The average Bonchev–Trinajstić information content (AvgIpc) is 3.51. The zero-order valence-electron chi connectivity index (χ0n) is 18.7. The minimum atomic E-state index is -2.98. The number of sulfone groups is 1. The number of aryl methyl sites for hydroxylation is 1. The van der Waals surface area contributed by atoms with Gasteiger partial charge < -0.3 is 9.40 Å². The topological polar surface area (TPSA) is 114 Å². The smallest absolute Gasteiger partial charge is 0.260 e. The first-order chi connectivity index (χ1) is 15.7. The van der Waals surface area contributed by atoms with Crippen molar-refractivity contribution in [2.75, 3.05) is 18.6 Å². The molecule has 0 aromatic carbocycles. The first-order valence-corrected chi connectivity index (χ1v) is 13.4. The summed E-state index contributed by atoms with van der Waals surface area (Å²) in [5, 5.41) is 7.08. The Morgan fingerprint density at radius 2 is 2.15 bits per heavy atom. The van der Waals surface area contributed by atoms with Crippen LogP contribution in [0.15, 0.2) is 33.0 Å². The number of hydrogen-bond acceptors (Lipinski definition) is 8. The van der Waals surface area contributed by atoms with Crippen molar-refractivity contribution in [3.63, 3.8) is 0 Å². The van der Waals surface area contributed by atoms with Gasteiger partial charge in [0, 0.05) is 28.7 Å². The number of aromatic nitrogens is 4. The van der Waals surface area contributed by atoms with Crippen molar-refractivity contribution < 1.29 is 12.8 Å². The van der Waals surface area contributed by atoms with Gasteiger partial charge in [-0.05, 0) is 39.4 Å². The van der Waals surface area contributed by atoms with Gasteiger partial charge >= 0.3 is 0 Å². The highest BCUT2D eigenvalue weighted by molar-refractivity contribution is 7.91. The van der Waals surface area contributed by atoms with Gasteiger partial charge in [0.2, 0.25) is 0 Å². The van der Waals surface area contributed by atoms with Crippen LogP contribution in [0.25, 0.3) is 21.5 Å². The molecule has 0 radical (unpaired) electrons. The Bertz CT molecular complexity index is 1480. The summed E-state index contributed by atoms with van der Waals surface area (Å²) in [4.78, 5) is 23.1. The van der Waals surface area contributed by atoms with E-state index in [0.717, 1.165) is 22.5 Å². The molecule has 0 spiro atoms. The summed E-state index contributed by atoms with van der Waals surface area (Å²) in [6.45, 7) is 5.01. The zero-order valence-corrected chi connectivity index (χ0v) is 20.3. The van der Waals surface area contributed by atoms with Gasteiger partial charge in [-0.15, -0.1) is 11.3 Å². The Kier molecular flexibility index (Phi) is 5.50. The van der Waals surface area contributed by atoms with Gasteiger partial charge in [-0.2, -0.15) is 5.10 Å². The second-order valence-corrected chi connectivity index (χ2v) is 11.7. The molecule has 1 aliphatic heterocycles. The lowest BCUT2D eigenvalue weighted by Crippen LogP contribution is -2.22. The van der Waals surface area contributed by atoms with Gasteiger partial charge in [0.05, 0.1) is 41.4 Å². The van der Waals surface area contributed by atoms with Gasteiger partial charge in [0.15, 0.2) is 9.84 Å². The van der Waals surface area contributed by atoms with Crippen molar-refractivity contribution in [2.24, 2.45) is 0 Å². The Morgan fingerprint density at radius 1 is 1.33 bits per heavy atom. The molecule has 1 fully saturated rings. The summed E-state index contributed by atoms with van der Waals surface area (Å²) in [6.07, 6.45) is 2.19. The highest BCUT2D eigenvalue weighted by Crippen LogP contribution is 2.31. The molecule has 1 N–H and O–H groups in total. The molecule has 5 heterocycles. The second kappa shape index (κ2) is 8.23. The predicted octanol–water partition coefficient (Wildman–Crippen LogP) is 3.05. The third kappa shape index (κ3) is 4.16. The van der Waals surface area contributed by atoms with E-state index in [4.69, 9.17) is 4.42 Å². The van der Waals surface area contributed by atoms with E-state index in [1.165, 1.54) is 11.3 Å². The van der Waals surface area contributed by atoms with Crippen LogP contribution in [-0.2, 0) is 22.9 Å². The summed E-state index contributed by atoms with van der Waals surface area (Å²) in [5.74, 6) is 1.61. The van der Waals surface area contributed by atoms with Crippen molar-refractivity contribution in [3.8, 4) is 11.3 Å². The van der Waals surface area contributed by atoms with Gasteiger partial charge in [0.25, 0.3) is 5.56 Å². The Hall–Kier alpha value is -2.76. The molecule has 1 aliphatic rings. The van der Waals surface area contributed by atoms with E-state index >= 15 is 0 Å². The quantitative estimate of drug-likeness (QED) is 0.445. The number of hydrogen-bond donors (Lipinski definition) is 1. The van der Waals surface area contributed by atoms with Gasteiger partial charge in [0.1, 0.15) is 16.4 Å². The normalized spacial score (nSPS) is 18.0. The molecule has 0 bridgehead atoms. The van der Waals surface area contributed by atoms with Crippen LogP contribution >= 0.6 is 11.3 Å². The highest BCUT2D eigenvalue weighted by atomic mass is 32.2. The molecule has 0 amide bonds. The molecule has 4 aromatic heterocycles. The van der Waals surface area contributed by atoms with Crippen molar-refractivity contribution in [1.82, 2.24) is 24.6 Å². The number of rotatable bonds is 6. The molecule has 9 nitrogen and oxygen atoms in total. The molecule has 174 valence electrons. The van der Waals surface area contributed by atoms with Crippen LogP contribution in [0.2, 0.25) is 0 Å². The molecule has 0 aliphatic carbocycles. The number of aromatic amines is 1. The van der Waals surface area contributed by atoms with Crippen LogP contribution in [0, 0.1) is 13.8 Å². The van der Waals surface area contributed by atoms with Crippen LogP contribution < -0.4 is 5.56 Å². The fourth-order valence-corrected chi connectivity index (χ4v) is 7.15. The number of thiophene rings is 1. The fraction of sp³-hybridized carbons (Fsp3) is 0.409. The monoisotopic (exact) mass is 487 g/mol. The third-order valence-corrected chi connectivity index (χ3v) is 8.78. The van der Waals surface area contributed by atoms with Gasteiger partial charge in [-0.3, -0.25) is 14.4 Å². The summed E-state index contributed by atoms with van der Waals surface area (Å²) in [6, 6.07) is 3.52. The van der Waals surface area contributed by atoms with E-state index in [1.807, 2.05) is 37.0 Å². The molecular formula is C22H25N5O4S2. The summed E-state index contributed by atoms with van der Waals surface area (Å²) >= 11 is 1.42. The third-order valence-electron chi connectivity index (χ3n) is 6.16. The van der Waals surface area contributed by atoms with Crippen LogP contribution in [-0.4, -0.2) is 51.6 Å². The number of fused-ring (bicyclic) bond motifs is 1. The first kappa shape index (κ1) is 22.1. The number of furan rings is 1. The van der Waals surface area contributed by atoms with E-state index in [1.54, 1.807) is 12.3 Å². The van der Waals surface area contributed by atoms with E-state index in [-0.39, 0.29) is 23.1 Å². The minimum Gasteiger partial charge on any atom is -0.464 e. The number of H-pyrrole nitrogens is 1. The molecule has 33 heavy (non-hydrogen) atoms. The zero-order chi connectivity index (χ0) is 23.3. The lowest BCUT2D eigenvalue weighted by atomic mass is 10.1. The summed E-state index contributed by atoms with van der Waals surface area (Å²) in [5.41, 5.74) is 3.52. The molecule has 1 saturated heterocycles. The Morgan fingerprint density at radius 3 is 2.85 bits per heavy atom. The maximum atomic E-state index is 12.8. The van der Waals surface area contributed by atoms with Gasteiger partial charge in [-0.25, -0.2) is 13.4 Å². The second-order valence-electron chi connectivity index (χ2n) is 8.64. The summed E-state index contributed by atoms with van der Waals surface area (Å²) in [7, 11) is -1.02. The molecule has 4 aromatic rings. The standard InChI is InChI=1S/C22H25N5O4S2/c1-13-16(14(2)27(25-13)15-6-8-33(29,30)12-15)9-26(3)10-19-23-21(28)20-17(11-32-22(20)24-19)18-5-4-7-31-18/h4-5,7,11,15H,6,8-10,12H2,1-3H3,(H,23,24,28)/t15-/m1/s1. The number of nitrogens with one attached hydrogen (secondary N) is 1. The van der Waals surface area contributed by atoms with E-state index in [2.05, 4.69) is 20.0 Å². The van der Waals surface area contributed by atoms with Crippen LogP contribution in [0.3, 0.4) is 0 Å². The SMILES string of the molecule is Cc1nn([C@@H]2CCS(=O)(=O)C2)c(C)c1CN(C)Cc1nc2scc(-c3ccco3)c2c(=O)[nH]1.